The molecule has 2 unspecified atom stereocenters. The Balaban J connectivity index is 1.64. The summed E-state index contributed by atoms with van der Waals surface area (Å²) in [6.07, 6.45) is 1.49. The maximum atomic E-state index is 11.2. The van der Waals surface area contributed by atoms with Crippen LogP contribution < -0.4 is 20.1 Å². The van der Waals surface area contributed by atoms with Gasteiger partial charge in [-0.05, 0) is 31.0 Å². The first-order valence-electron chi connectivity index (χ1n) is 7.14. The molecule has 0 aliphatic carbocycles. The van der Waals surface area contributed by atoms with Crippen LogP contribution in [0.1, 0.15) is 31.4 Å². The Bertz CT molecular complexity index is 494. The lowest BCUT2D eigenvalue weighted by Crippen LogP contribution is -2.46. The summed E-state index contributed by atoms with van der Waals surface area (Å²) >= 11 is 0. The van der Waals surface area contributed by atoms with E-state index in [-0.39, 0.29) is 11.9 Å². The lowest BCUT2D eigenvalue weighted by molar-refractivity contribution is -0.122. The molecule has 2 N–H and O–H groups in total. The Morgan fingerprint density at radius 1 is 1.30 bits per heavy atom. The highest BCUT2D eigenvalue weighted by atomic mass is 16.6. The molecule has 108 valence electrons. The minimum atomic E-state index is 0.148. The number of fused-ring (bicyclic) bond motifs is 1. The molecular formula is C15H20N2O3. The van der Waals surface area contributed by atoms with E-state index in [0.717, 1.165) is 17.9 Å². The fourth-order valence-corrected chi connectivity index (χ4v) is 2.65. The minimum Gasteiger partial charge on any atom is -0.486 e. The first-order chi connectivity index (χ1) is 9.72. The van der Waals surface area contributed by atoms with Gasteiger partial charge in [-0.1, -0.05) is 6.07 Å². The second-order valence-corrected chi connectivity index (χ2v) is 5.33. The van der Waals surface area contributed by atoms with Crippen molar-refractivity contribution < 1.29 is 14.3 Å². The molecule has 5 heteroatoms. The molecule has 1 fully saturated rings. The highest BCUT2D eigenvalue weighted by Gasteiger charge is 2.21. The van der Waals surface area contributed by atoms with Crippen molar-refractivity contribution >= 4 is 5.91 Å². The van der Waals surface area contributed by atoms with Gasteiger partial charge in [-0.3, -0.25) is 4.79 Å². The highest BCUT2D eigenvalue weighted by Crippen LogP contribution is 2.32. The van der Waals surface area contributed by atoms with Gasteiger partial charge >= 0.3 is 0 Å². The molecule has 3 rings (SSSR count). The molecule has 2 aliphatic rings. The van der Waals surface area contributed by atoms with Gasteiger partial charge < -0.3 is 20.1 Å². The molecule has 0 radical (unpaired) electrons. The molecule has 1 aromatic rings. The van der Waals surface area contributed by atoms with Crippen molar-refractivity contribution in [3.05, 3.63) is 23.8 Å². The fourth-order valence-electron chi connectivity index (χ4n) is 2.65. The van der Waals surface area contributed by atoms with E-state index in [4.69, 9.17) is 9.47 Å². The zero-order valence-electron chi connectivity index (χ0n) is 11.6. The topological polar surface area (TPSA) is 59.6 Å². The van der Waals surface area contributed by atoms with E-state index >= 15 is 0 Å². The SMILES string of the molecule is CC(NC1CCC(=O)NC1)c1ccc2c(c1)OCCO2. The van der Waals surface area contributed by atoms with Crippen LogP contribution in [-0.2, 0) is 4.79 Å². The number of rotatable bonds is 3. The van der Waals surface area contributed by atoms with Crippen LogP contribution in [0.25, 0.3) is 0 Å². The Morgan fingerprint density at radius 3 is 2.85 bits per heavy atom. The van der Waals surface area contributed by atoms with Gasteiger partial charge in [0.2, 0.25) is 5.91 Å². The van der Waals surface area contributed by atoms with Gasteiger partial charge in [-0.15, -0.1) is 0 Å². The van der Waals surface area contributed by atoms with Crippen LogP contribution in [0.5, 0.6) is 11.5 Å². The Kier molecular flexibility index (Phi) is 3.78. The Morgan fingerprint density at radius 2 is 2.10 bits per heavy atom. The summed E-state index contributed by atoms with van der Waals surface area (Å²) in [5.74, 6) is 1.78. The molecule has 5 nitrogen and oxygen atoms in total. The number of nitrogens with one attached hydrogen (secondary N) is 2. The molecule has 2 atom stereocenters. The molecule has 0 saturated carbocycles. The van der Waals surface area contributed by atoms with E-state index in [1.54, 1.807) is 0 Å². The van der Waals surface area contributed by atoms with Crippen molar-refractivity contribution in [3.63, 3.8) is 0 Å². The monoisotopic (exact) mass is 276 g/mol. The lowest BCUT2D eigenvalue weighted by atomic mass is 10.0. The molecule has 1 aromatic carbocycles. The third-order valence-electron chi connectivity index (χ3n) is 3.82. The number of hydrogen-bond acceptors (Lipinski definition) is 4. The maximum absolute atomic E-state index is 11.2. The molecule has 1 amide bonds. The van der Waals surface area contributed by atoms with Crippen LogP contribution in [0, 0.1) is 0 Å². The van der Waals surface area contributed by atoms with Gasteiger partial charge in [-0.2, -0.15) is 0 Å². The minimum absolute atomic E-state index is 0.148. The number of piperidine rings is 1. The quantitative estimate of drug-likeness (QED) is 0.876. The fraction of sp³-hybridized carbons (Fsp3) is 0.533. The third-order valence-corrected chi connectivity index (χ3v) is 3.82. The van der Waals surface area contributed by atoms with Crippen molar-refractivity contribution in [1.29, 1.82) is 0 Å². The predicted octanol–water partition coefficient (Wildman–Crippen LogP) is 1.39. The summed E-state index contributed by atoms with van der Waals surface area (Å²) in [7, 11) is 0. The summed E-state index contributed by atoms with van der Waals surface area (Å²) in [5.41, 5.74) is 1.17. The van der Waals surface area contributed by atoms with E-state index in [1.807, 2.05) is 12.1 Å². The average molecular weight is 276 g/mol. The predicted molar refractivity (Wildman–Crippen MR) is 75.0 cm³/mol. The first-order valence-corrected chi connectivity index (χ1v) is 7.14. The van der Waals surface area contributed by atoms with Gasteiger partial charge in [-0.25, -0.2) is 0 Å². The highest BCUT2D eigenvalue weighted by molar-refractivity contribution is 5.76. The zero-order valence-corrected chi connectivity index (χ0v) is 11.6. The molecule has 1 saturated heterocycles. The summed E-state index contributed by atoms with van der Waals surface area (Å²) in [4.78, 5) is 11.2. The molecule has 0 aromatic heterocycles. The van der Waals surface area contributed by atoms with Crippen molar-refractivity contribution in [2.45, 2.75) is 31.8 Å². The van der Waals surface area contributed by atoms with Gasteiger partial charge in [0.25, 0.3) is 0 Å². The summed E-state index contributed by atoms with van der Waals surface area (Å²) < 4.78 is 11.1. The number of benzene rings is 1. The number of hydrogen-bond donors (Lipinski definition) is 2. The molecule has 0 spiro atoms. The summed E-state index contributed by atoms with van der Waals surface area (Å²) in [5, 5.41) is 6.44. The van der Waals surface area contributed by atoms with Gasteiger partial charge in [0.15, 0.2) is 11.5 Å². The molecular weight excluding hydrogens is 256 g/mol. The Labute approximate surface area is 118 Å². The molecule has 2 aliphatic heterocycles. The summed E-state index contributed by atoms with van der Waals surface area (Å²) in [6.45, 7) is 4.05. The van der Waals surface area contributed by atoms with E-state index in [9.17, 15) is 4.79 Å². The largest absolute Gasteiger partial charge is 0.486 e. The van der Waals surface area contributed by atoms with Crippen molar-refractivity contribution in [2.24, 2.45) is 0 Å². The standard InChI is InChI=1S/C15H20N2O3/c1-10(17-12-3-5-15(18)16-9-12)11-2-4-13-14(8-11)20-7-6-19-13/h2,4,8,10,12,17H,3,5-7,9H2,1H3,(H,16,18). The van der Waals surface area contributed by atoms with Crippen LogP contribution in [0.4, 0.5) is 0 Å². The number of carbonyl (C=O) groups is 1. The molecule has 2 heterocycles. The second-order valence-electron chi connectivity index (χ2n) is 5.33. The van der Waals surface area contributed by atoms with Crippen LogP contribution >= 0.6 is 0 Å². The number of ether oxygens (including phenoxy) is 2. The smallest absolute Gasteiger partial charge is 0.220 e. The molecule has 20 heavy (non-hydrogen) atoms. The van der Waals surface area contributed by atoms with Gasteiger partial charge in [0.1, 0.15) is 13.2 Å². The lowest BCUT2D eigenvalue weighted by Gasteiger charge is -2.28. The third kappa shape index (κ3) is 2.88. The number of carbonyl (C=O) groups excluding carboxylic acids is 1. The van der Waals surface area contributed by atoms with Crippen LogP contribution in [-0.4, -0.2) is 31.7 Å². The van der Waals surface area contributed by atoms with E-state index in [1.165, 1.54) is 5.56 Å². The maximum Gasteiger partial charge on any atom is 0.220 e. The van der Waals surface area contributed by atoms with E-state index < -0.39 is 0 Å². The van der Waals surface area contributed by atoms with Crippen LogP contribution in [0.3, 0.4) is 0 Å². The van der Waals surface area contributed by atoms with E-state index in [0.29, 0.717) is 32.2 Å². The molecule has 0 bridgehead atoms. The average Bonchev–Trinajstić information content (AvgIpc) is 2.49. The van der Waals surface area contributed by atoms with Gasteiger partial charge in [0.05, 0.1) is 0 Å². The summed E-state index contributed by atoms with van der Waals surface area (Å²) in [6, 6.07) is 6.60. The number of amides is 1. The van der Waals surface area contributed by atoms with Crippen LogP contribution in [0.2, 0.25) is 0 Å². The van der Waals surface area contributed by atoms with Crippen molar-refractivity contribution in [3.8, 4) is 11.5 Å². The Hall–Kier alpha value is -1.75. The van der Waals surface area contributed by atoms with Crippen molar-refractivity contribution in [2.75, 3.05) is 19.8 Å². The van der Waals surface area contributed by atoms with Crippen LogP contribution in [0.15, 0.2) is 18.2 Å². The van der Waals surface area contributed by atoms with E-state index in [2.05, 4.69) is 23.6 Å². The normalized spacial score (nSPS) is 23.1. The first kappa shape index (κ1) is 13.2. The van der Waals surface area contributed by atoms with Gasteiger partial charge in [0, 0.05) is 25.0 Å². The second kappa shape index (κ2) is 5.71. The van der Waals surface area contributed by atoms with Crippen molar-refractivity contribution in [1.82, 2.24) is 10.6 Å². The zero-order chi connectivity index (χ0) is 13.9.